The summed E-state index contributed by atoms with van der Waals surface area (Å²) in [5.41, 5.74) is 6.62. The van der Waals surface area contributed by atoms with E-state index in [2.05, 4.69) is 25.2 Å². The quantitative estimate of drug-likeness (QED) is 0.755. The van der Waals surface area contributed by atoms with Crippen LogP contribution in [0.15, 0.2) is 24.3 Å². The number of carbonyl (C=O) groups is 1. The highest BCUT2D eigenvalue weighted by atomic mass is 16.5. The first-order valence-corrected chi connectivity index (χ1v) is 6.27. The third-order valence-electron chi connectivity index (χ3n) is 2.61. The number of carbonyl (C=O) groups excluding carboxylic acids is 1. The lowest BCUT2D eigenvalue weighted by atomic mass is 10.0. The second-order valence-electron chi connectivity index (χ2n) is 4.62. The number of rotatable bonds is 6. The number of amides is 1. The van der Waals surface area contributed by atoms with E-state index in [1.807, 2.05) is 18.2 Å². The van der Waals surface area contributed by atoms with Crippen LogP contribution >= 0.6 is 0 Å². The molecule has 0 aromatic heterocycles. The average Bonchev–Trinajstić information content (AvgIpc) is 2.34. The van der Waals surface area contributed by atoms with Crippen LogP contribution in [0.3, 0.4) is 0 Å². The van der Waals surface area contributed by atoms with Crippen molar-refractivity contribution in [2.24, 2.45) is 5.73 Å². The van der Waals surface area contributed by atoms with E-state index in [-0.39, 0.29) is 5.91 Å². The fourth-order valence-electron chi connectivity index (χ4n) is 1.59. The Morgan fingerprint density at radius 2 is 2.00 bits per heavy atom. The van der Waals surface area contributed by atoms with Crippen LogP contribution in [0.2, 0.25) is 0 Å². The molecule has 0 aliphatic carbocycles. The molecule has 0 fully saturated rings. The Morgan fingerprint density at radius 1 is 1.33 bits per heavy atom. The molecule has 0 heterocycles. The van der Waals surface area contributed by atoms with Gasteiger partial charge < -0.3 is 15.8 Å². The first-order chi connectivity index (χ1) is 8.52. The Hall–Kier alpha value is -1.55. The molecule has 0 radical (unpaired) electrons. The number of hydrogen-bond donors (Lipinski definition) is 2. The molecule has 0 aliphatic heterocycles. The van der Waals surface area contributed by atoms with Gasteiger partial charge in [-0.25, -0.2) is 0 Å². The molecule has 1 amide bonds. The van der Waals surface area contributed by atoms with Crippen molar-refractivity contribution in [3.63, 3.8) is 0 Å². The van der Waals surface area contributed by atoms with E-state index >= 15 is 0 Å². The van der Waals surface area contributed by atoms with Gasteiger partial charge >= 0.3 is 0 Å². The summed E-state index contributed by atoms with van der Waals surface area (Å²) >= 11 is 0. The maximum absolute atomic E-state index is 11.2. The van der Waals surface area contributed by atoms with Crippen LogP contribution in [-0.4, -0.2) is 25.1 Å². The molecule has 0 unspecified atom stereocenters. The molecular weight excluding hydrogens is 228 g/mol. The minimum absolute atomic E-state index is 0.157. The SMILES string of the molecule is CC(C)c1ccccc1OCCNC(=O)[C@@H](C)N. The van der Waals surface area contributed by atoms with Gasteiger partial charge in [-0.2, -0.15) is 0 Å². The van der Waals surface area contributed by atoms with Gasteiger partial charge in [0, 0.05) is 0 Å². The Labute approximate surface area is 109 Å². The van der Waals surface area contributed by atoms with E-state index < -0.39 is 6.04 Å². The zero-order valence-corrected chi connectivity index (χ0v) is 11.3. The molecule has 0 bridgehead atoms. The minimum atomic E-state index is -0.479. The predicted octanol–water partition coefficient (Wildman–Crippen LogP) is 1.65. The van der Waals surface area contributed by atoms with E-state index in [0.29, 0.717) is 19.1 Å². The van der Waals surface area contributed by atoms with Crippen molar-refractivity contribution in [1.29, 1.82) is 0 Å². The highest BCUT2D eigenvalue weighted by molar-refractivity contribution is 5.80. The number of nitrogens with one attached hydrogen (secondary N) is 1. The van der Waals surface area contributed by atoms with Crippen molar-refractivity contribution in [2.75, 3.05) is 13.2 Å². The smallest absolute Gasteiger partial charge is 0.236 e. The molecule has 18 heavy (non-hydrogen) atoms. The van der Waals surface area contributed by atoms with Crippen LogP contribution in [0.4, 0.5) is 0 Å². The zero-order chi connectivity index (χ0) is 13.5. The normalized spacial score (nSPS) is 12.3. The summed E-state index contributed by atoms with van der Waals surface area (Å²) in [6.07, 6.45) is 0. The molecule has 1 atom stereocenters. The van der Waals surface area contributed by atoms with Crippen molar-refractivity contribution in [3.05, 3.63) is 29.8 Å². The lowest BCUT2D eigenvalue weighted by Gasteiger charge is -2.14. The van der Waals surface area contributed by atoms with Crippen LogP contribution in [0.5, 0.6) is 5.75 Å². The van der Waals surface area contributed by atoms with Crippen LogP contribution in [0, 0.1) is 0 Å². The third kappa shape index (κ3) is 4.37. The van der Waals surface area contributed by atoms with Gasteiger partial charge in [0.25, 0.3) is 0 Å². The van der Waals surface area contributed by atoms with Crippen LogP contribution < -0.4 is 15.8 Å². The third-order valence-corrected chi connectivity index (χ3v) is 2.61. The first kappa shape index (κ1) is 14.5. The summed E-state index contributed by atoms with van der Waals surface area (Å²) in [4.78, 5) is 11.2. The number of benzene rings is 1. The summed E-state index contributed by atoms with van der Waals surface area (Å²) in [5.74, 6) is 1.14. The van der Waals surface area contributed by atoms with Crippen molar-refractivity contribution in [1.82, 2.24) is 5.32 Å². The van der Waals surface area contributed by atoms with Gasteiger partial charge in [-0.15, -0.1) is 0 Å². The summed E-state index contributed by atoms with van der Waals surface area (Å²) in [6, 6.07) is 7.47. The maximum Gasteiger partial charge on any atom is 0.236 e. The van der Waals surface area contributed by atoms with Crippen molar-refractivity contribution in [2.45, 2.75) is 32.7 Å². The molecule has 0 saturated heterocycles. The molecule has 4 heteroatoms. The molecule has 4 nitrogen and oxygen atoms in total. The Kier molecular flexibility index (Phi) is 5.65. The highest BCUT2D eigenvalue weighted by Gasteiger charge is 2.08. The van der Waals surface area contributed by atoms with E-state index in [1.54, 1.807) is 6.92 Å². The number of ether oxygens (including phenoxy) is 1. The van der Waals surface area contributed by atoms with Crippen LogP contribution in [-0.2, 0) is 4.79 Å². The van der Waals surface area contributed by atoms with Crippen molar-refractivity contribution < 1.29 is 9.53 Å². The van der Waals surface area contributed by atoms with Gasteiger partial charge in [0.05, 0.1) is 12.6 Å². The number of para-hydroxylation sites is 1. The van der Waals surface area contributed by atoms with E-state index in [1.165, 1.54) is 5.56 Å². The summed E-state index contributed by atoms with van der Waals surface area (Å²) in [7, 11) is 0. The lowest BCUT2D eigenvalue weighted by molar-refractivity contribution is -0.122. The van der Waals surface area contributed by atoms with Crippen LogP contribution in [0.25, 0.3) is 0 Å². The molecule has 1 aromatic rings. The van der Waals surface area contributed by atoms with Gasteiger partial charge in [0.1, 0.15) is 12.4 Å². The Balaban J connectivity index is 2.42. The minimum Gasteiger partial charge on any atom is -0.491 e. The maximum atomic E-state index is 11.2. The second-order valence-corrected chi connectivity index (χ2v) is 4.62. The average molecular weight is 250 g/mol. The van der Waals surface area contributed by atoms with Gasteiger partial charge in [0.15, 0.2) is 0 Å². The predicted molar refractivity (Wildman–Crippen MR) is 72.7 cm³/mol. The second kappa shape index (κ2) is 7.01. The molecule has 0 aliphatic rings. The van der Waals surface area contributed by atoms with E-state index in [4.69, 9.17) is 10.5 Å². The van der Waals surface area contributed by atoms with E-state index in [0.717, 1.165) is 5.75 Å². The summed E-state index contributed by atoms with van der Waals surface area (Å²) in [5, 5.41) is 2.71. The van der Waals surface area contributed by atoms with Crippen molar-refractivity contribution in [3.8, 4) is 5.75 Å². The molecular formula is C14H22N2O2. The molecule has 100 valence electrons. The number of hydrogen-bond acceptors (Lipinski definition) is 3. The number of nitrogens with two attached hydrogens (primary N) is 1. The van der Waals surface area contributed by atoms with Crippen molar-refractivity contribution >= 4 is 5.91 Å². The monoisotopic (exact) mass is 250 g/mol. The van der Waals surface area contributed by atoms with Crippen LogP contribution in [0.1, 0.15) is 32.3 Å². The largest absolute Gasteiger partial charge is 0.491 e. The Bertz CT molecular complexity index is 389. The Morgan fingerprint density at radius 3 is 2.61 bits per heavy atom. The fourth-order valence-corrected chi connectivity index (χ4v) is 1.59. The van der Waals surface area contributed by atoms with Gasteiger partial charge in [-0.3, -0.25) is 4.79 Å². The van der Waals surface area contributed by atoms with E-state index in [9.17, 15) is 4.79 Å². The van der Waals surface area contributed by atoms with Gasteiger partial charge in [-0.1, -0.05) is 32.0 Å². The zero-order valence-electron chi connectivity index (χ0n) is 11.3. The van der Waals surface area contributed by atoms with Gasteiger partial charge in [-0.05, 0) is 24.5 Å². The molecule has 0 saturated carbocycles. The standard InChI is InChI=1S/C14H22N2O2/c1-10(2)12-6-4-5-7-13(12)18-9-8-16-14(17)11(3)15/h4-7,10-11H,8-9,15H2,1-3H3,(H,16,17)/t11-/m1/s1. The van der Waals surface area contributed by atoms with Gasteiger partial charge in [0.2, 0.25) is 5.91 Å². The fraction of sp³-hybridized carbons (Fsp3) is 0.500. The topological polar surface area (TPSA) is 64.3 Å². The summed E-state index contributed by atoms with van der Waals surface area (Å²) in [6.45, 7) is 6.82. The first-order valence-electron chi connectivity index (χ1n) is 6.27. The molecule has 0 spiro atoms. The molecule has 3 N–H and O–H groups in total. The highest BCUT2D eigenvalue weighted by Crippen LogP contribution is 2.25. The summed E-state index contributed by atoms with van der Waals surface area (Å²) < 4.78 is 5.67. The molecule has 1 aromatic carbocycles. The lowest BCUT2D eigenvalue weighted by Crippen LogP contribution is -2.40. The molecule has 1 rings (SSSR count).